The average Bonchev–Trinajstić information content (AvgIpc) is 2.43. The quantitative estimate of drug-likeness (QED) is 0.820. The van der Waals surface area contributed by atoms with E-state index < -0.39 is 0 Å². The van der Waals surface area contributed by atoms with Gasteiger partial charge in [0.15, 0.2) is 0 Å². The van der Waals surface area contributed by atoms with Crippen molar-refractivity contribution in [3.05, 3.63) is 57.4 Å². The second kappa shape index (κ2) is 5.61. The summed E-state index contributed by atoms with van der Waals surface area (Å²) in [6.07, 6.45) is 0. The molecule has 0 aliphatic carbocycles. The highest BCUT2D eigenvalue weighted by Gasteiger charge is 2.18. The summed E-state index contributed by atoms with van der Waals surface area (Å²) in [5.41, 5.74) is 15.4. The van der Waals surface area contributed by atoms with Gasteiger partial charge in [0.25, 0.3) is 0 Å². The van der Waals surface area contributed by atoms with Crippen LogP contribution in [0.3, 0.4) is 0 Å². The van der Waals surface area contributed by atoms with E-state index in [2.05, 4.69) is 34.6 Å². The molecule has 0 fully saturated rings. The minimum atomic E-state index is -0.218. The van der Waals surface area contributed by atoms with Crippen LogP contribution >= 0.6 is 0 Å². The lowest BCUT2D eigenvalue weighted by molar-refractivity contribution is 0.626. The number of nitrogens with two attached hydrogens (primary N) is 1. The Balaban J connectivity index is 2.88. The first kappa shape index (κ1) is 15.7. The zero-order valence-electron chi connectivity index (χ0n) is 13.8. The van der Waals surface area contributed by atoms with Crippen LogP contribution in [0.1, 0.15) is 46.3 Å². The topological polar surface area (TPSA) is 26.0 Å². The van der Waals surface area contributed by atoms with Crippen molar-refractivity contribution in [1.82, 2.24) is 0 Å². The van der Waals surface area contributed by atoms with Gasteiger partial charge in [0.05, 0.1) is 0 Å². The van der Waals surface area contributed by atoms with Crippen molar-refractivity contribution < 1.29 is 4.39 Å². The normalized spacial score (nSPS) is 12.6. The Labute approximate surface area is 127 Å². The largest absolute Gasteiger partial charge is 0.324 e. The van der Waals surface area contributed by atoms with Crippen molar-refractivity contribution in [3.8, 4) is 11.1 Å². The van der Waals surface area contributed by atoms with Crippen LogP contribution in [0.15, 0.2) is 18.2 Å². The number of halogens is 1. The lowest BCUT2D eigenvalue weighted by Gasteiger charge is -2.22. The molecular formula is C19H24FN. The van der Waals surface area contributed by atoms with E-state index in [1.54, 1.807) is 12.1 Å². The summed E-state index contributed by atoms with van der Waals surface area (Å²) in [7, 11) is 0. The average molecular weight is 285 g/mol. The molecule has 21 heavy (non-hydrogen) atoms. The molecule has 0 aliphatic rings. The van der Waals surface area contributed by atoms with E-state index in [1.807, 2.05) is 6.92 Å². The molecule has 2 N–H and O–H groups in total. The minimum absolute atomic E-state index is 0.124. The molecule has 0 aliphatic heterocycles. The molecule has 0 spiro atoms. The third kappa shape index (κ3) is 2.60. The molecule has 0 saturated heterocycles. The summed E-state index contributed by atoms with van der Waals surface area (Å²) in [6, 6.07) is 4.78. The Morgan fingerprint density at radius 1 is 0.857 bits per heavy atom. The van der Waals surface area contributed by atoms with Gasteiger partial charge in [-0.2, -0.15) is 0 Å². The molecule has 2 rings (SSSR count). The molecule has 0 saturated carbocycles. The monoisotopic (exact) mass is 285 g/mol. The Bertz CT molecular complexity index is 670. The first-order valence-electron chi connectivity index (χ1n) is 7.38. The zero-order valence-corrected chi connectivity index (χ0v) is 13.8. The van der Waals surface area contributed by atoms with Crippen LogP contribution in [0.2, 0.25) is 0 Å². The molecule has 0 radical (unpaired) electrons. The van der Waals surface area contributed by atoms with E-state index in [9.17, 15) is 4.39 Å². The van der Waals surface area contributed by atoms with Gasteiger partial charge in [0, 0.05) is 6.04 Å². The van der Waals surface area contributed by atoms with Crippen LogP contribution < -0.4 is 5.73 Å². The van der Waals surface area contributed by atoms with Gasteiger partial charge in [-0.05, 0) is 98.2 Å². The number of hydrogen-bond donors (Lipinski definition) is 1. The van der Waals surface area contributed by atoms with Crippen LogP contribution in [0, 0.1) is 40.4 Å². The summed E-state index contributed by atoms with van der Waals surface area (Å²) < 4.78 is 13.8. The fourth-order valence-electron chi connectivity index (χ4n) is 3.05. The highest BCUT2D eigenvalue weighted by molar-refractivity contribution is 5.77. The number of benzene rings is 2. The van der Waals surface area contributed by atoms with Crippen molar-refractivity contribution in [2.45, 2.75) is 47.6 Å². The number of hydrogen-bond acceptors (Lipinski definition) is 1. The third-order valence-electron chi connectivity index (χ3n) is 4.78. The molecule has 1 nitrogen and oxygen atoms in total. The highest BCUT2D eigenvalue weighted by Crippen LogP contribution is 2.37. The maximum absolute atomic E-state index is 13.8. The number of rotatable bonds is 2. The van der Waals surface area contributed by atoms with E-state index in [-0.39, 0.29) is 11.9 Å². The van der Waals surface area contributed by atoms with Crippen molar-refractivity contribution in [3.63, 3.8) is 0 Å². The van der Waals surface area contributed by atoms with E-state index in [0.717, 1.165) is 16.7 Å². The van der Waals surface area contributed by atoms with Gasteiger partial charge in [-0.15, -0.1) is 0 Å². The molecule has 1 atom stereocenters. The first-order chi connectivity index (χ1) is 9.75. The maximum Gasteiger partial charge on any atom is 0.123 e. The van der Waals surface area contributed by atoms with Crippen molar-refractivity contribution >= 4 is 0 Å². The lowest BCUT2D eigenvalue weighted by Crippen LogP contribution is -2.09. The van der Waals surface area contributed by atoms with Gasteiger partial charge in [-0.25, -0.2) is 4.39 Å². The van der Waals surface area contributed by atoms with Gasteiger partial charge >= 0.3 is 0 Å². The highest BCUT2D eigenvalue weighted by atomic mass is 19.1. The molecular weight excluding hydrogens is 261 g/mol. The van der Waals surface area contributed by atoms with E-state index >= 15 is 0 Å². The molecule has 0 aromatic heterocycles. The molecule has 0 heterocycles. The predicted molar refractivity (Wildman–Crippen MR) is 88.1 cm³/mol. The van der Waals surface area contributed by atoms with Gasteiger partial charge in [-0.3, -0.25) is 0 Å². The standard InChI is InChI=1S/C19H24FN/c1-10-11(2)13(4)19(14(5)12(10)3)18-9-16(20)7-8-17(18)15(6)21/h7-9,15H,21H2,1-6H3. The minimum Gasteiger partial charge on any atom is -0.324 e. The van der Waals surface area contributed by atoms with Crippen molar-refractivity contribution in [2.24, 2.45) is 5.73 Å². The van der Waals surface area contributed by atoms with E-state index in [0.29, 0.717) is 0 Å². The molecule has 2 aromatic rings. The molecule has 0 amide bonds. The first-order valence-corrected chi connectivity index (χ1v) is 7.38. The summed E-state index contributed by atoms with van der Waals surface area (Å²) in [4.78, 5) is 0. The summed E-state index contributed by atoms with van der Waals surface area (Å²) in [6.45, 7) is 12.6. The fraction of sp³-hybridized carbons (Fsp3) is 0.368. The van der Waals surface area contributed by atoms with E-state index in [4.69, 9.17) is 5.73 Å². The van der Waals surface area contributed by atoms with Crippen molar-refractivity contribution in [1.29, 1.82) is 0 Å². The predicted octanol–water partition coefficient (Wildman–Crippen LogP) is 5.05. The van der Waals surface area contributed by atoms with Gasteiger partial charge in [0.1, 0.15) is 5.82 Å². The molecule has 2 heteroatoms. The Morgan fingerprint density at radius 2 is 1.33 bits per heavy atom. The fourth-order valence-corrected chi connectivity index (χ4v) is 3.05. The van der Waals surface area contributed by atoms with Crippen molar-refractivity contribution in [2.75, 3.05) is 0 Å². The second-order valence-electron chi connectivity index (χ2n) is 6.02. The third-order valence-corrected chi connectivity index (χ3v) is 4.78. The molecule has 2 aromatic carbocycles. The van der Waals surface area contributed by atoms with Crippen LogP contribution in [-0.4, -0.2) is 0 Å². The lowest BCUT2D eigenvalue weighted by atomic mass is 9.84. The van der Waals surface area contributed by atoms with Crippen LogP contribution in [0.5, 0.6) is 0 Å². The Kier molecular flexibility index (Phi) is 4.20. The van der Waals surface area contributed by atoms with Crippen LogP contribution in [-0.2, 0) is 0 Å². The second-order valence-corrected chi connectivity index (χ2v) is 6.02. The summed E-state index contributed by atoms with van der Waals surface area (Å²) >= 11 is 0. The summed E-state index contributed by atoms with van der Waals surface area (Å²) in [5.74, 6) is -0.218. The van der Waals surface area contributed by atoms with Gasteiger partial charge in [0.2, 0.25) is 0 Å². The SMILES string of the molecule is Cc1c(C)c(C)c(-c2cc(F)ccc2C(C)N)c(C)c1C. The van der Waals surface area contributed by atoms with E-state index in [1.165, 1.54) is 33.9 Å². The molecule has 112 valence electrons. The maximum atomic E-state index is 13.8. The zero-order chi connectivity index (χ0) is 15.9. The van der Waals surface area contributed by atoms with Crippen LogP contribution in [0.25, 0.3) is 11.1 Å². The van der Waals surface area contributed by atoms with Gasteiger partial charge < -0.3 is 5.73 Å². The molecule has 1 unspecified atom stereocenters. The molecule has 0 bridgehead atoms. The Hall–Kier alpha value is -1.67. The summed E-state index contributed by atoms with van der Waals surface area (Å²) in [5, 5.41) is 0. The smallest absolute Gasteiger partial charge is 0.123 e. The Morgan fingerprint density at radius 3 is 1.81 bits per heavy atom. The van der Waals surface area contributed by atoms with Gasteiger partial charge in [-0.1, -0.05) is 6.07 Å². The van der Waals surface area contributed by atoms with Crippen LogP contribution in [0.4, 0.5) is 4.39 Å².